The van der Waals surface area contributed by atoms with Crippen LogP contribution in [0, 0.1) is 18.8 Å². The Morgan fingerprint density at radius 1 is 1.17 bits per heavy atom. The van der Waals surface area contributed by atoms with Gasteiger partial charge in [0.05, 0.1) is 0 Å². The molecule has 2 rings (SSSR count). The molecule has 1 aliphatic carbocycles. The van der Waals surface area contributed by atoms with Crippen molar-refractivity contribution in [2.45, 2.75) is 59.4 Å². The molecule has 1 aromatic carbocycles. The minimum absolute atomic E-state index is 0.644. The number of para-hydroxylation sites is 1. The molecule has 1 aromatic rings. The number of hydrogen-bond acceptors (Lipinski definition) is 1. The van der Waals surface area contributed by atoms with Crippen molar-refractivity contribution in [2.75, 3.05) is 5.32 Å². The second-order valence-corrected chi connectivity index (χ2v) is 6.02. The normalized spacial score (nSPS) is 28.1. The molecule has 1 N–H and O–H groups in total. The maximum atomic E-state index is 3.87. The van der Waals surface area contributed by atoms with Crippen LogP contribution in [0.3, 0.4) is 0 Å². The second-order valence-electron chi connectivity index (χ2n) is 6.02. The Kier molecular flexibility index (Phi) is 4.31. The molecule has 2 atom stereocenters. The molecule has 0 amide bonds. The van der Waals surface area contributed by atoms with Gasteiger partial charge in [0.1, 0.15) is 0 Å². The standard InChI is InChI=1S/C17H27N/c1-5-15-11-7-10-14(4)17(15)18-16-12(2)8-6-9-13(16)3/h7,10-13,16,18H,5-6,8-9H2,1-4H3. The number of aryl methyl sites for hydroxylation is 2. The summed E-state index contributed by atoms with van der Waals surface area (Å²) in [5.41, 5.74) is 4.24. The third kappa shape index (κ3) is 2.71. The van der Waals surface area contributed by atoms with E-state index in [4.69, 9.17) is 0 Å². The molecule has 0 saturated heterocycles. The van der Waals surface area contributed by atoms with Crippen LogP contribution in [0.1, 0.15) is 51.2 Å². The summed E-state index contributed by atoms with van der Waals surface area (Å²) >= 11 is 0. The molecule has 0 heterocycles. The van der Waals surface area contributed by atoms with E-state index in [0.717, 1.165) is 18.3 Å². The van der Waals surface area contributed by atoms with Gasteiger partial charge in [-0.2, -0.15) is 0 Å². The summed E-state index contributed by atoms with van der Waals surface area (Å²) in [6.07, 6.45) is 5.25. The fourth-order valence-electron chi connectivity index (χ4n) is 3.36. The van der Waals surface area contributed by atoms with Crippen molar-refractivity contribution in [3.05, 3.63) is 29.3 Å². The fourth-order valence-corrected chi connectivity index (χ4v) is 3.36. The number of hydrogen-bond donors (Lipinski definition) is 1. The molecule has 1 aliphatic rings. The van der Waals surface area contributed by atoms with Crippen molar-refractivity contribution >= 4 is 5.69 Å². The van der Waals surface area contributed by atoms with Crippen LogP contribution in [0.5, 0.6) is 0 Å². The molecule has 18 heavy (non-hydrogen) atoms. The lowest BCUT2D eigenvalue weighted by atomic mass is 9.78. The molecule has 2 unspecified atom stereocenters. The van der Waals surface area contributed by atoms with E-state index in [1.807, 2.05) is 0 Å². The molecule has 1 heteroatoms. The Labute approximate surface area is 112 Å². The first kappa shape index (κ1) is 13.5. The monoisotopic (exact) mass is 245 g/mol. The molecular formula is C17H27N. The average Bonchev–Trinajstić information content (AvgIpc) is 2.35. The van der Waals surface area contributed by atoms with E-state index in [-0.39, 0.29) is 0 Å². The number of benzene rings is 1. The van der Waals surface area contributed by atoms with Gasteiger partial charge in [-0.3, -0.25) is 0 Å². The summed E-state index contributed by atoms with van der Waals surface area (Å²) in [7, 11) is 0. The Balaban J connectivity index is 2.22. The lowest BCUT2D eigenvalue weighted by Crippen LogP contribution is -2.37. The molecule has 0 spiro atoms. The molecule has 100 valence electrons. The van der Waals surface area contributed by atoms with Crippen LogP contribution in [-0.2, 0) is 6.42 Å². The predicted molar refractivity (Wildman–Crippen MR) is 80.1 cm³/mol. The van der Waals surface area contributed by atoms with Crippen molar-refractivity contribution in [3.8, 4) is 0 Å². The van der Waals surface area contributed by atoms with Crippen LogP contribution < -0.4 is 5.32 Å². The lowest BCUT2D eigenvalue weighted by Gasteiger charge is -2.36. The van der Waals surface area contributed by atoms with E-state index >= 15 is 0 Å². The van der Waals surface area contributed by atoms with Crippen LogP contribution in [0.2, 0.25) is 0 Å². The van der Waals surface area contributed by atoms with Crippen molar-refractivity contribution in [1.82, 2.24) is 0 Å². The van der Waals surface area contributed by atoms with Gasteiger partial charge >= 0.3 is 0 Å². The van der Waals surface area contributed by atoms with Gasteiger partial charge in [0.15, 0.2) is 0 Å². The fraction of sp³-hybridized carbons (Fsp3) is 0.647. The molecule has 0 aliphatic heterocycles. The summed E-state index contributed by atoms with van der Waals surface area (Å²) in [4.78, 5) is 0. The van der Waals surface area contributed by atoms with E-state index in [9.17, 15) is 0 Å². The van der Waals surface area contributed by atoms with Crippen LogP contribution in [-0.4, -0.2) is 6.04 Å². The molecule has 0 bridgehead atoms. The maximum Gasteiger partial charge on any atom is 0.0404 e. The highest BCUT2D eigenvalue weighted by molar-refractivity contribution is 5.58. The van der Waals surface area contributed by atoms with Crippen LogP contribution >= 0.6 is 0 Å². The molecule has 1 nitrogen and oxygen atoms in total. The van der Waals surface area contributed by atoms with Gasteiger partial charge < -0.3 is 5.32 Å². The number of nitrogens with one attached hydrogen (secondary N) is 1. The summed E-state index contributed by atoms with van der Waals surface area (Å²) < 4.78 is 0. The highest BCUT2D eigenvalue weighted by atomic mass is 14.9. The van der Waals surface area contributed by atoms with Crippen LogP contribution in [0.25, 0.3) is 0 Å². The molecule has 0 aromatic heterocycles. The lowest BCUT2D eigenvalue weighted by molar-refractivity contribution is 0.268. The van der Waals surface area contributed by atoms with E-state index in [1.54, 1.807) is 0 Å². The van der Waals surface area contributed by atoms with Gasteiger partial charge in [-0.1, -0.05) is 45.4 Å². The van der Waals surface area contributed by atoms with E-state index in [2.05, 4.69) is 51.2 Å². The molecule has 1 saturated carbocycles. The summed E-state index contributed by atoms with van der Waals surface area (Å²) in [6.45, 7) is 9.27. The van der Waals surface area contributed by atoms with E-state index < -0.39 is 0 Å². The number of anilines is 1. The van der Waals surface area contributed by atoms with Crippen molar-refractivity contribution < 1.29 is 0 Å². The third-order valence-corrected chi connectivity index (χ3v) is 4.60. The quantitative estimate of drug-likeness (QED) is 0.807. The Bertz CT molecular complexity index is 387. The largest absolute Gasteiger partial charge is 0.381 e. The maximum absolute atomic E-state index is 3.87. The predicted octanol–water partition coefficient (Wildman–Crippen LogP) is 4.79. The van der Waals surface area contributed by atoms with E-state index in [1.165, 1.54) is 36.1 Å². The third-order valence-electron chi connectivity index (χ3n) is 4.60. The topological polar surface area (TPSA) is 12.0 Å². The average molecular weight is 245 g/mol. The van der Waals surface area contributed by atoms with Gasteiger partial charge in [-0.05, 0) is 49.1 Å². The first-order valence-electron chi connectivity index (χ1n) is 7.48. The Morgan fingerprint density at radius 2 is 1.83 bits per heavy atom. The van der Waals surface area contributed by atoms with Gasteiger partial charge in [0.2, 0.25) is 0 Å². The molecule has 0 radical (unpaired) electrons. The summed E-state index contributed by atoms with van der Waals surface area (Å²) in [5.74, 6) is 1.58. The van der Waals surface area contributed by atoms with Crippen molar-refractivity contribution in [3.63, 3.8) is 0 Å². The second kappa shape index (κ2) is 5.77. The van der Waals surface area contributed by atoms with Crippen molar-refractivity contribution in [1.29, 1.82) is 0 Å². The first-order chi connectivity index (χ1) is 8.63. The van der Waals surface area contributed by atoms with Gasteiger partial charge in [-0.15, -0.1) is 0 Å². The number of rotatable bonds is 3. The van der Waals surface area contributed by atoms with E-state index in [0.29, 0.717) is 6.04 Å². The van der Waals surface area contributed by atoms with Crippen LogP contribution in [0.15, 0.2) is 18.2 Å². The van der Waals surface area contributed by atoms with Crippen molar-refractivity contribution in [2.24, 2.45) is 11.8 Å². The summed E-state index contributed by atoms with van der Waals surface area (Å²) in [6, 6.07) is 7.30. The Morgan fingerprint density at radius 3 is 2.44 bits per heavy atom. The van der Waals surface area contributed by atoms with Crippen LogP contribution in [0.4, 0.5) is 5.69 Å². The highest BCUT2D eigenvalue weighted by Crippen LogP contribution is 2.33. The Hall–Kier alpha value is -0.980. The summed E-state index contributed by atoms with van der Waals surface area (Å²) in [5, 5.41) is 3.87. The SMILES string of the molecule is CCc1cccc(C)c1NC1C(C)CCCC1C. The smallest absolute Gasteiger partial charge is 0.0404 e. The van der Waals surface area contributed by atoms with Gasteiger partial charge in [-0.25, -0.2) is 0 Å². The van der Waals surface area contributed by atoms with Gasteiger partial charge in [0.25, 0.3) is 0 Å². The first-order valence-corrected chi connectivity index (χ1v) is 7.48. The zero-order chi connectivity index (χ0) is 13.1. The van der Waals surface area contributed by atoms with Gasteiger partial charge in [0, 0.05) is 11.7 Å². The minimum Gasteiger partial charge on any atom is -0.381 e. The molecular weight excluding hydrogens is 218 g/mol. The molecule has 1 fully saturated rings. The zero-order valence-electron chi connectivity index (χ0n) is 12.3. The highest BCUT2D eigenvalue weighted by Gasteiger charge is 2.28. The minimum atomic E-state index is 0.644. The zero-order valence-corrected chi connectivity index (χ0v) is 12.3.